The molecule has 3 N–H and O–H groups in total. The third kappa shape index (κ3) is 7.04. The summed E-state index contributed by atoms with van der Waals surface area (Å²) in [5.74, 6) is -0.260. The molecule has 0 spiro atoms. The highest BCUT2D eigenvalue weighted by Gasteiger charge is 2.23. The molecule has 0 bridgehead atoms. The maximum Gasteiger partial charge on any atom is 0.326 e. The van der Waals surface area contributed by atoms with Gasteiger partial charge in [0.15, 0.2) is 0 Å². The Morgan fingerprint density at radius 1 is 1.38 bits per heavy atom. The fourth-order valence-corrected chi connectivity index (χ4v) is 2.97. The number of nitrogens with one attached hydrogen (secondary N) is 2. The van der Waals surface area contributed by atoms with Gasteiger partial charge < -0.3 is 20.6 Å². The molecule has 0 aromatic heterocycles. The summed E-state index contributed by atoms with van der Waals surface area (Å²) in [4.78, 5) is 25.4. The van der Waals surface area contributed by atoms with Gasteiger partial charge in [0, 0.05) is 19.1 Å². The van der Waals surface area contributed by atoms with E-state index in [1.165, 1.54) is 0 Å². The SMILES string of the molecule is CCCN1CCC(NC(=O)NC(CCSC)C(=O)O)CC1. The molecule has 1 unspecified atom stereocenters. The number of carbonyl (C=O) groups is 2. The van der Waals surface area contributed by atoms with Crippen LogP contribution in [-0.2, 0) is 4.79 Å². The molecule has 0 aliphatic carbocycles. The summed E-state index contributed by atoms with van der Waals surface area (Å²) >= 11 is 1.57. The summed E-state index contributed by atoms with van der Waals surface area (Å²) in [6, 6.07) is -1.02. The Hall–Kier alpha value is -0.950. The van der Waals surface area contributed by atoms with Crippen molar-refractivity contribution < 1.29 is 14.7 Å². The Bertz CT molecular complexity index is 333. The lowest BCUT2D eigenvalue weighted by molar-refractivity contribution is -0.139. The van der Waals surface area contributed by atoms with Crippen molar-refractivity contribution in [1.82, 2.24) is 15.5 Å². The van der Waals surface area contributed by atoms with Gasteiger partial charge in [-0.2, -0.15) is 11.8 Å². The van der Waals surface area contributed by atoms with E-state index in [4.69, 9.17) is 5.11 Å². The van der Waals surface area contributed by atoms with Crippen LogP contribution in [0.2, 0.25) is 0 Å². The second kappa shape index (κ2) is 9.89. The number of carbonyl (C=O) groups excluding carboxylic acids is 1. The van der Waals surface area contributed by atoms with Gasteiger partial charge in [-0.3, -0.25) is 0 Å². The molecule has 1 atom stereocenters. The fraction of sp³-hybridized carbons (Fsp3) is 0.857. The number of rotatable bonds is 8. The van der Waals surface area contributed by atoms with Crippen molar-refractivity contribution in [3.8, 4) is 0 Å². The van der Waals surface area contributed by atoms with Crippen molar-refractivity contribution in [1.29, 1.82) is 0 Å². The van der Waals surface area contributed by atoms with Crippen molar-refractivity contribution in [2.45, 2.75) is 44.7 Å². The molecule has 7 heteroatoms. The van der Waals surface area contributed by atoms with Crippen LogP contribution < -0.4 is 10.6 Å². The second-order valence-electron chi connectivity index (χ2n) is 5.41. The lowest BCUT2D eigenvalue weighted by atomic mass is 10.1. The van der Waals surface area contributed by atoms with E-state index in [9.17, 15) is 9.59 Å². The Morgan fingerprint density at radius 2 is 2.05 bits per heavy atom. The number of likely N-dealkylation sites (tertiary alicyclic amines) is 1. The molecule has 0 aromatic rings. The van der Waals surface area contributed by atoms with E-state index in [2.05, 4.69) is 22.5 Å². The number of carboxylic acids is 1. The summed E-state index contributed by atoms with van der Waals surface area (Å²) in [5, 5.41) is 14.5. The average molecular weight is 317 g/mol. The first-order valence-corrected chi connectivity index (χ1v) is 8.97. The van der Waals surface area contributed by atoms with E-state index in [0.717, 1.165) is 38.9 Å². The average Bonchev–Trinajstić information content (AvgIpc) is 2.45. The molecule has 1 fully saturated rings. The van der Waals surface area contributed by atoms with E-state index in [-0.39, 0.29) is 12.1 Å². The molecule has 0 aromatic carbocycles. The van der Waals surface area contributed by atoms with Crippen molar-refractivity contribution in [2.75, 3.05) is 31.6 Å². The minimum atomic E-state index is -0.975. The van der Waals surface area contributed by atoms with Gasteiger partial charge >= 0.3 is 12.0 Å². The number of nitrogens with zero attached hydrogens (tertiary/aromatic N) is 1. The monoisotopic (exact) mass is 317 g/mol. The lowest BCUT2D eigenvalue weighted by Crippen LogP contribution is -2.51. The van der Waals surface area contributed by atoms with Crippen LogP contribution in [0.4, 0.5) is 4.79 Å². The van der Waals surface area contributed by atoms with Gasteiger partial charge in [0.25, 0.3) is 0 Å². The second-order valence-corrected chi connectivity index (χ2v) is 6.39. The maximum atomic E-state index is 11.9. The predicted octanol–water partition coefficient (Wildman–Crippen LogP) is 1.37. The molecule has 1 saturated heterocycles. The van der Waals surface area contributed by atoms with Crippen LogP contribution in [0.1, 0.15) is 32.6 Å². The van der Waals surface area contributed by atoms with Crippen LogP contribution >= 0.6 is 11.8 Å². The third-order valence-corrected chi connectivity index (χ3v) is 4.32. The maximum absolute atomic E-state index is 11.9. The number of piperidine rings is 1. The standard InChI is InChI=1S/C14H27N3O3S/c1-3-7-17-8-4-11(5-9-17)15-14(20)16-12(13(18)19)6-10-21-2/h11-12H,3-10H2,1-2H3,(H,18,19)(H2,15,16,20). The predicted molar refractivity (Wildman–Crippen MR) is 85.8 cm³/mol. The van der Waals surface area contributed by atoms with E-state index in [1.54, 1.807) is 11.8 Å². The van der Waals surface area contributed by atoms with Crippen molar-refractivity contribution >= 4 is 23.8 Å². The van der Waals surface area contributed by atoms with E-state index in [1.807, 2.05) is 6.26 Å². The van der Waals surface area contributed by atoms with Crippen LogP contribution in [0.3, 0.4) is 0 Å². The minimum Gasteiger partial charge on any atom is -0.480 e. The zero-order chi connectivity index (χ0) is 15.7. The van der Waals surface area contributed by atoms with Crippen molar-refractivity contribution in [2.24, 2.45) is 0 Å². The van der Waals surface area contributed by atoms with Crippen molar-refractivity contribution in [3.63, 3.8) is 0 Å². The normalized spacial score (nSPS) is 18.2. The van der Waals surface area contributed by atoms with Crippen LogP contribution in [0.5, 0.6) is 0 Å². The number of aliphatic carboxylic acids is 1. The fourth-order valence-electron chi connectivity index (χ4n) is 2.50. The van der Waals surface area contributed by atoms with Crippen molar-refractivity contribution in [3.05, 3.63) is 0 Å². The number of hydrogen-bond acceptors (Lipinski definition) is 4. The first-order chi connectivity index (χ1) is 10.1. The quantitative estimate of drug-likeness (QED) is 0.630. The van der Waals surface area contributed by atoms with Crippen LogP contribution in [-0.4, -0.2) is 65.7 Å². The number of amides is 2. The molecule has 2 amide bonds. The summed E-state index contributed by atoms with van der Waals surface area (Å²) in [5.41, 5.74) is 0. The Labute approximate surface area is 131 Å². The summed E-state index contributed by atoms with van der Waals surface area (Å²) in [6.07, 6.45) is 5.36. The largest absolute Gasteiger partial charge is 0.480 e. The first kappa shape index (κ1) is 18.1. The van der Waals surface area contributed by atoms with E-state index >= 15 is 0 Å². The number of carboxylic acid groups (broad SMARTS) is 1. The molecule has 1 aliphatic heterocycles. The molecule has 6 nitrogen and oxygen atoms in total. The number of hydrogen-bond donors (Lipinski definition) is 3. The van der Waals surface area contributed by atoms with Gasteiger partial charge in [-0.1, -0.05) is 6.92 Å². The number of urea groups is 1. The van der Waals surface area contributed by atoms with Gasteiger partial charge in [-0.05, 0) is 44.2 Å². The smallest absolute Gasteiger partial charge is 0.326 e. The minimum absolute atomic E-state index is 0.146. The molecule has 122 valence electrons. The molecular weight excluding hydrogens is 290 g/mol. The Morgan fingerprint density at radius 3 is 2.57 bits per heavy atom. The van der Waals surface area contributed by atoms with Crippen LogP contribution in [0.25, 0.3) is 0 Å². The number of thioether (sulfide) groups is 1. The molecule has 0 radical (unpaired) electrons. The topological polar surface area (TPSA) is 81.7 Å². The molecule has 1 heterocycles. The molecule has 1 aliphatic rings. The zero-order valence-corrected chi connectivity index (χ0v) is 13.7. The molecule has 1 rings (SSSR count). The Kier molecular flexibility index (Phi) is 8.52. The van der Waals surface area contributed by atoms with Crippen LogP contribution in [0, 0.1) is 0 Å². The molecular formula is C14H27N3O3S. The summed E-state index contributed by atoms with van der Waals surface area (Å²) in [6.45, 7) is 5.26. The van der Waals surface area contributed by atoms with Gasteiger partial charge in [0.2, 0.25) is 0 Å². The Balaban J connectivity index is 2.31. The highest BCUT2D eigenvalue weighted by molar-refractivity contribution is 7.98. The first-order valence-electron chi connectivity index (χ1n) is 7.58. The zero-order valence-electron chi connectivity index (χ0n) is 12.9. The highest BCUT2D eigenvalue weighted by atomic mass is 32.2. The van der Waals surface area contributed by atoms with E-state index < -0.39 is 12.0 Å². The van der Waals surface area contributed by atoms with Crippen LogP contribution in [0.15, 0.2) is 0 Å². The van der Waals surface area contributed by atoms with E-state index in [0.29, 0.717) is 12.2 Å². The molecule has 0 saturated carbocycles. The molecule has 21 heavy (non-hydrogen) atoms. The summed E-state index contributed by atoms with van der Waals surface area (Å²) in [7, 11) is 0. The van der Waals surface area contributed by atoms with Gasteiger partial charge in [0.1, 0.15) is 6.04 Å². The third-order valence-electron chi connectivity index (χ3n) is 3.68. The van der Waals surface area contributed by atoms with Gasteiger partial charge in [0.05, 0.1) is 0 Å². The highest BCUT2D eigenvalue weighted by Crippen LogP contribution is 2.10. The lowest BCUT2D eigenvalue weighted by Gasteiger charge is -2.32. The van der Waals surface area contributed by atoms with Gasteiger partial charge in [-0.25, -0.2) is 9.59 Å². The summed E-state index contributed by atoms with van der Waals surface area (Å²) < 4.78 is 0. The van der Waals surface area contributed by atoms with Gasteiger partial charge in [-0.15, -0.1) is 0 Å².